The van der Waals surface area contributed by atoms with Gasteiger partial charge in [0.2, 0.25) is 0 Å². The molecular weight excluding hydrogens is 240 g/mol. The summed E-state index contributed by atoms with van der Waals surface area (Å²) in [5.74, 6) is -0.512. The number of rotatable bonds is 9. The van der Waals surface area contributed by atoms with Crippen molar-refractivity contribution in [3.63, 3.8) is 0 Å². The summed E-state index contributed by atoms with van der Waals surface area (Å²) in [7, 11) is 0. The average Bonchev–Trinajstić information content (AvgIpc) is 3.21. The van der Waals surface area contributed by atoms with E-state index in [2.05, 4.69) is 0 Å². The minimum Gasteiger partial charge on any atom is -0.464 e. The maximum atomic E-state index is 11.1. The Kier molecular flexibility index (Phi) is 4.95. The number of esters is 2. The van der Waals surface area contributed by atoms with Gasteiger partial charge in [0.25, 0.3) is 0 Å². The van der Waals surface area contributed by atoms with E-state index in [1.165, 1.54) is 0 Å². The van der Waals surface area contributed by atoms with Crippen LogP contribution in [0.5, 0.6) is 0 Å². The zero-order valence-corrected chi connectivity index (χ0v) is 10.3. The molecule has 0 aromatic carbocycles. The minimum absolute atomic E-state index is 0.256. The molecule has 0 spiro atoms. The summed E-state index contributed by atoms with van der Waals surface area (Å²) in [4.78, 5) is 22.1. The second-order valence-corrected chi connectivity index (χ2v) is 4.39. The molecule has 0 bridgehead atoms. The van der Waals surface area contributed by atoms with Gasteiger partial charge in [-0.3, -0.25) is 0 Å². The van der Waals surface area contributed by atoms with Gasteiger partial charge in [0.1, 0.15) is 0 Å². The van der Waals surface area contributed by atoms with Crippen molar-refractivity contribution >= 4 is 11.9 Å². The van der Waals surface area contributed by atoms with Crippen molar-refractivity contribution in [2.75, 3.05) is 26.4 Å². The van der Waals surface area contributed by atoms with E-state index in [0.29, 0.717) is 26.4 Å². The summed E-state index contributed by atoms with van der Waals surface area (Å²) < 4.78 is 19.6. The first-order valence-corrected chi connectivity index (χ1v) is 6.34. The van der Waals surface area contributed by atoms with Crippen molar-refractivity contribution in [2.24, 2.45) is 0 Å². The van der Waals surface area contributed by atoms with Gasteiger partial charge in [0.15, 0.2) is 12.2 Å². The van der Waals surface area contributed by atoms with Crippen LogP contribution in [0.2, 0.25) is 0 Å². The molecule has 18 heavy (non-hydrogen) atoms. The van der Waals surface area contributed by atoms with E-state index in [4.69, 9.17) is 18.9 Å². The van der Waals surface area contributed by atoms with Gasteiger partial charge >= 0.3 is 11.9 Å². The highest BCUT2D eigenvalue weighted by Crippen LogP contribution is 2.12. The summed E-state index contributed by atoms with van der Waals surface area (Å²) in [6.07, 6.45) is 2.95. The molecule has 0 saturated carbocycles. The lowest BCUT2D eigenvalue weighted by molar-refractivity contribution is -0.146. The van der Waals surface area contributed by atoms with Gasteiger partial charge in [-0.2, -0.15) is 0 Å². The van der Waals surface area contributed by atoms with Crippen LogP contribution in [-0.4, -0.2) is 50.6 Å². The Morgan fingerprint density at radius 3 is 1.56 bits per heavy atom. The summed E-state index contributed by atoms with van der Waals surface area (Å²) in [6, 6.07) is 0. The Hall–Kier alpha value is -1.14. The first-order valence-electron chi connectivity index (χ1n) is 6.34. The van der Waals surface area contributed by atoms with Gasteiger partial charge in [-0.05, 0) is 25.7 Å². The van der Waals surface area contributed by atoms with Gasteiger partial charge in [-0.15, -0.1) is 0 Å². The van der Waals surface area contributed by atoms with E-state index >= 15 is 0 Å². The molecule has 2 atom stereocenters. The van der Waals surface area contributed by atoms with Gasteiger partial charge in [0.05, 0.1) is 26.4 Å². The van der Waals surface area contributed by atoms with Crippen LogP contribution >= 0.6 is 0 Å². The van der Waals surface area contributed by atoms with E-state index < -0.39 is 0 Å². The van der Waals surface area contributed by atoms with Crippen LogP contribution in [0, 0.1) is 0 Å². The second-order valence-electron chi connectivity index (χ2n) is 4.39. The van der Waals surface area contributed by atoms with Crippen LogP contribution in [0.3, 0.4) is 0 Å². The number of carbonyl (C=O) groups excluding carboxylic acids is 2. The third-order valence-electron chi connectivity index (χ3n) is 2.72. The van der Waals surface area contributed by atoms with Gasteiger partial charge in [-0.25, -0.2) is 9.59 Å². The van der Waals surface area contributed by atoms with Crippen molar-refractivity contribution in [3.05, 3.63) is 0 Å². The number of epoxide rings is 2. The maximum absolute atomic E-state index is 11.1. The molecule has 0 unspecified atom stereocenters. The molecule has 6 nitrogen and oxygen atoms in total. The molecule has 2 rings (SSSR count). The summed E-state index contributed by atoms with van der Waals surface area (Å²) >= 11 is 0. The number of carbonyl (C=O) groups is 2. The van der Waals surface area contributed by atoms with E-state index in [9.17, 15) is 9.59 Å². The van der Waals surface area contributed by atoms with Gasteiger partial charge in [-0.1, -0.05) is 0 Å². The number of unbranched alkanes of at least 4 members (excludes halogenated alkanes) is 3. The summed E-state index contributed by atoms with van der Waals surface area (Å²) in [5.41, 5.74) is 0. The molecular formula is C12H18O6. The van der Waals surface area contributed by atoms with Crippen LogP contribution in [0.1, 0.15) is 25.7 Å². The normalized spacial score (nSPS) is 24.4. The van der Waals surface area contributed by atoms with Crippen LogP contribution in [0.15, 0.2) is 0 Å². The first-order chi connectivity index (χ1) is 8.77. The fourth-order valence-electron chi connectivity index (χ4n) is 1.46. The quantitative estimate of drug-likeness (QED) is 0.339. The third-order valence-corrected chi connectivity index (χ3v) is 2.72. The van der Waals surface area contributed by atoms with Crippen molar-refractivity contribution in [1.82, 2.24) is 0 Å². The average molecular weight is 258 g/mol. The van der Waals surface area contributed by atoms with Gasteiger partial charge in [0, 0.05) is 0 Å². The molecule has 6 heteroatoms. The Morgan fingerprint density at radius 2 is 1.22 bits per heavy atom. The lowest BCUT2D eigenvalue weighted by atomic mass is 10.2. The van der Waals surface area contributed by atoms with Crippen LogP contribution in [0.4, 0.5) is 0 Å². The molecule has 0 aliphatic carbocycles. The van der Waals surface area contributed by atoms with E-state index in [-0.39, 0.29) is 24.1 Å². The molecule has 2 heterocycles. The van der Waals surface area contributed by atoms with Crippen molar-refractivity contribution < 1.29 is 28.5 Å². The summed E-state index contributed by atoms with van der Waals surface area (Å²) in [5, 5.41) is 0. The highest BCUT2D eigenvalue weighted by molar-refractivity contribution is 5.77. The SMILES string of the molecule is O=C(OCCCCCCOC(=O)[C@H]1CO1)[C@H]1CO1. The Bertz CT molecular complexity index is 265. The lowest BCUT2D eigenvalue weighted by Crippen LogP contribution is -2.13. The predicted molar refractivity (Wildman–Crippen MR) is 59.9 cm³/mol. The number of hydrogen-bond donors (Lipinski definition) is 0. The maximum Gasteiger partial charge on any atom is 0.337 e. The van der Waals surface area contributed by atoms with Gasteiger partial charge < -0.3 is 18.9 Å². The third kappa shape index (κ3) is 5.01. The minimum atomic E-state index is -0.311. The fourth-order valence-corrected chi connectivity index (χ4v) is 1.46. The standard InChI is InChI=1S/C12H18O6/c13-11(9-7-17-9)15-5-3-1-2-4-6-16-12(14)10-8-18-10/h9-10H,1-8H2/t9-,10-/m1/s1. The molecule has 0 radical (unpaired) electrons. The van der Waals surface area contributed by atoms with E-state index in [1.807, 2.05) is 0 Å². The summed E-state index contributed by atoms with van der Waals surface area (Å²) in [6.45, 7) is 1.87. The molecule has 2 aliphatic heterocycles. The van der Waals surface area contributed by atoms with Crippen LogP contribution in [-0.2, 0) is 28.5 Å². The molecule has 0 aromatic heterocycles. The molecule has 102 valence electrons. The number of hydrogen-bond acceptors (Lipinski definition) is 6. The monoisotopic (exact) mass is 258 g/mol. The molecule has 0 aromatic rings. The predicted octanol–water partition coefficient (Wildman–Crippen LogP) is 0.431. The van der Waals surface area contributed by atoms with E-state index in [1.54, 1.807) is 0 Å². The topological polar surface area (TPSA) is 77.7 Å². The second kappa shape index (κ2) is 6.70. The van der Waals surface area contributed by atoms with Crippen LogP contribution in [0.25, 0.3) is 0 Å². The number of ether oxygens (including phenoxy) is 4. The Balaban J connectivity index is 1.32. The smallest absolute Gasteiger partial charge is 0.337 e. The fraction of sp³-hybridized carbons (Fsp3) is 0.833. The molecule has 0 amide bonds. The largest absolute Gasteiger partial charge is 0.464 e. The molecule has 0 N–H and O–H groups in total. The first kappa shape index (κ1) is 13.3. The molecule has 2 aliphatic rings. The lowest BCUT2D eigenvalue weighted by Gasteiger charge is -2.04. The van der Waals surface area contributed by atoms with Crippen molar-refractivity contribution in [1.29, 1.82) is 0 Å². The molecule has 2 fully saturated rings. The zero-order chi connectivity index (χ0) is 12.8. The zero-order valence-electron chi connectivity index (χ0n) is 10.3. The highest BCUT2D eigenvalue weighted by atomic mass is 16.6. The van der Waals surface area contributed by atoms with Crippen molar-refractivity contribution in [2.45, 2.75) is 37.9 Å². The Morgan fingerprint density at radius 1 is 0.833 bits per heavy atom. The van der Waals surface area contributed by atoms with Crippen molar-refractivity contribution in [3.8, 4) is 0 Å². The Labute approximate surface area is 106 Å². The molecule has 2 saturated heterocycles. The van der Waals surface area contributed by atoms with Crippen LogP contribution < -0.4 is 0 Å². The van der Waals surface area contributed by atoms with E-state index in [0.717, 1.165) is 25.7 Å². The highest BCUT2D eigenvalue weighted by Gasteiger charge is 2.33.